The SMILES string of the molecule is CC(=O)N(F)C(=O)OCCCl. The molecule has 0 spiro atoms. The van der Waals surface area contributed by atoms with Gasteiger partial charge >= 0.3 is 6.09 Å². The van der Waals surface area contributed by atoms with E-state index in [4.69, 9.17) is 11.6 Å². The van der Waals surface area contributed by atoms with Crippen molar-refractivity contribution in [3.63, 3.8) is 0 Å². The van der Waals surface area contributed by atoms with E-state index in [0.717, 1.165) is 6.92 Å². The summed E-state index contributed by atoms with van der Waals surface area (Å²) in [5.41, 5.74) is 0. The largest absolute Gasteiger partial charge is 0.446 e. The minimum Gasteiger partial charge on any atom is -0.446 e. The van der Waals surface area contributed by atoms with Gasteiger partial charge in [0.15, 0.2) is 0 Å². The molecule has 4 nitrogen and oxygen atoms in total. The van der Waals surface area contributed by atoms with E-state index in [1.807, 2.05) is 0 Å². The van der Waals surface area contributed by atoms with Crippen molar-refractivity contribution in [2.75, 3.05) is 12.5 Å². The van der Waals surface area contributed by atoms with E-state index in [9.17, 15) is 14.1 Å². The number of amides is 2. The summed E-state index contributed by atoms with van der Waals surface area (Å²) in [4.78, 5) is 20.6. The fourth-order valence-corrected chi connectivity index (χ4v) is 0.388. The summed E-state index contributed by atoms with van der Waals surface area (Å²) in [5.74, 6) is -0.957. The summed E-state index contributed by atoms with van der Waals surface area (Å²) in [6, 6.07) is 0. The highest BCUT2D eigenvalue weighted by molar-refractivity contribution is 6.18. The summed E-state index contributed by atoms with van der Waals surface area (Å²) in [6.07, 6.45) is -1.34. The maximum absolute atomic E-state index is 12.2. The van der Waals surface area contributed by atoms with Gasteiger partial charge in [-0.2, -0.15) is 0 Å². The molecule has 0 aromatic rings. The monoisotopic (exact) mass is 183 g/mol. The standard InChI is InChI=1S/C5H7ClFNO3/c1-4(9)8(7)5(10)11-3-2-6/h2-3H2,1H3. The van der Waals surface area contributed by atoms with Gasteiger partial charge in [-0.05, 0) is 0 Å². The number of carbonyl (C=O) groups is 2. The van der Waals surface area contributed by atoms with Crippen molar-refractivity contribution in [3.05, 3.63) is 0 Å². The van der Waals surface area contributed by atoms with Crippen LogP contribution >= 0.6 is 11.6 Å². The first-order valence-electron chi connectivity index (χ1n) is 2.78. The van der Waals surface area contributed by atoms with Gasteiger partial charge < -0.3 is 4.74 Å². The second-order valence-corrected chi connectivity index (χ2v) is 1.98. The van der Waals surface area contributed by atoms with Crippen molar-refractivity contribution in [3.8, 4) is 0 Å². The number of hydrogen-bond acceptors (Lipinski definition) is 3. The lowest BCUT2D eigenvalue weighted by Crippen LogP contribution is -2.28. The molecule has 0 aliphatic heterocycles. The van der Waals surface area contributed by atoms with Crippen LogP contribution in [-0.2, 0) is 9.53 Å². The average Bonchev–Trinajstić information content (AvgIpc) is 1.98. The Balaban J connectivity index is 3.74. The van der Waals surface area contributed by atoms with Gasteiger partial charge in [0.05, 0.1) is 5.88 Å². The first kappa shape index (κ1) is 10.2. The van der Waals surface area contributed by atoms with Crippen LogP contribution in [0, 0.1) is 0 Å². The number of alkyl halides is 1. The van der Waals surface area contributed by atoms with Crippen LogP contribution in [0.1, 0.15) is 6.92 Å². The molecule has 0 radical (unpaired) electrons. The van der Waals surface area contributed by atoms with E-state index < -0.39 is 17.1 Å². The zero-order valence-corrected chi connectivity index (χ0v) is 6.60. The van der Waals surface area contributed by atoms with Crippen molar-refractivity contribution in [1.82, 2.24) is 5.12 Å². The molecule has 0 atom stereocenters. The molecule has 64 valence electrons. The molecule has 0 fully saturated rings. The quantitative estimate of drug-likeness (QED) is 0.476. The predicted molar refractivity (Wildman–Crippen MR) is 35.7 cm³/mol. The molecule has 0 N–H and O–H groups in total. The first-order valence-corrected chi connectivity index (χ1v) is 3.32. The van der Waals surface area contributed by atoms with Crippen LogP contribution in [0.15, 0.2) is 0 Å². The minimum atomic E-state index is -1.34. The Morgan fingerprint density at radius 2 is 2.18 bits per heavy atom. The highest BCUT2D eigenvalue weighted by atomic mass is 35.5. The van der Waals surface area contributed by atoms with E-state index in [2.05, 4.69) is 4.74 Å². The van der Waals surface area contributed by atoms with Gasteiger partial charge in [-0.1, -0.05) is 9.60 Å². The Hall–Kier alpha value is -0.840. The maximum atomic E-state index is 12.2. The number of halogens is 2. The van der Waals surface area contributed by atoms with Crippen molar-refractivity contribution in [2.45, 2.75) is 6.92 Å². The zero-order valence-electron chi connectivity index (χ0n) is 5.84. The number of ether oxygens (including phenoxy) is 1. The van der Waals surface area contributed by atoms with Crippen molar-refractivity contribution < 1.29 is 18.8 Å². The summed E-state index contributed by atoms with van der Waals surface area (Å²) in [7, 11) is 0. The molecule has 0 aromatic heterocycles. The molecule has 0 heterocycles. The van der Waals surface area contributed by atoms with Gasteiger partial charge in [0.1, 0.15) is 6.61 Å². The van der Waals surface area contributed by atoms with E-state index in [1.54, 1.807) is 0 Å². The summed E-state index contributed by atoms with van der Waals surface area (Å²) >= 11 is 5.13. The molecule has 11 heavy (non-hydrogen) atoms. The molecule has 0 aliphatic rings. The fourth-order valence-electron chi connectivity index (χ4n) is 0.311. The Bertz CT molecular complexity index is 164. The highest BCUT2D eigenvalue weighted by Gasteiger charge is 2.18. The van der Waals surface area contributed by atoms with Crippen molar-refractivity contribution in [2.24, 2.45) is 0 Å². The third-order valence-corrected chi connectivity index (χ3v) is 0.894. The van der Waals surface area contributed by atoms with Gasteiger partial charge in [-0.15, -0.1) is 11.6 Å². The molecule has 0 bridgehead atoms. The maximum Gasteiger partial charge on any atom is 0.445 e. The van der Waals surface area contributed by atoms with Crippen LogP contribution in [-0.4, -0.2) is 29.6 Å². The molecule has 0 saturated carbocycles. The lowest BCUT2D eigenvalue weighted by molar-refractivity contribution is -0.139. The highest BCUT2D eigenvalue weighted by Crippen LogP contribution is 1.95. The topological polar surface area (TPSA) is 46.6 Å². The number of carbonyl (C=O) groups excluding carboxylic acids is 2. The van der Waals surface area contributed by atoms with Crippen LogP contribution in [0.2, 0.25) is 0 Å². The lowest BCUT2D eigenvalue weighted by atomic mass is 10.7. The van der Waals surface area contributed by atoms with Crippen LogP contribution in [0.5, 0.6) is 0 Å². The van der Waals surface area contributed by atoms with Crippen LogP contribution in [0.4, 0.5) is 9.28 Å². The van der Waals surface area contributed by atoms with E-state index in [-0.39, 0.29) is 12.5 Å². The van der Waals surface area contributed by atoms with Crippen LogP contribution in [0.25, 0.3) is 0 Å². The Morgan fingerprint density at radius 1 is 1.64 bits per heavy atom. The van der Waals surface area contributed by atoms with Crippen molar-refractivity contribution in [1.29, 1.82) is 0 Å². The zero-order chi connectivity index (χ0) is 8.85. The Labute approximate surface area is 67.8 Å². The van der Waals surface area contributed by atoms with Crippen LogP contribution < -0.4 is 0 Å². The Morgan fingerprint density at radius 3 is 2.55 bits per heavy atom. The summed E-state index contributed by atoms with van der Waals surface area (Å²) in [5, 5.41) is -0.619. The molecule has 0 aliphatic carbocycles. The van der Waals surface area contributed by atoms with Gasteiger partial charge in [-0.25, -0.2) is 4.79 Å². The van der Waals surface area contributed by atoms with Gasteiger partial charge in [0.25, 0.3) is 5.91 Å². The molecule has 2 amide bonds. The molecule has 0 aromatic carbocycles. The lowest BCUT2D eigenvalue weighted by Gasteiger charge is -2.06. The Kier molecular flexibility index (Phi) is 4.52. The number of imide groups is 1. The molecule has 6 heteroatoms. The summed E-state index contributed by atoms with van der Waals surface area (Å²) < 4.78 is 16.4. The van der Waals surface area contributed by atoms with Crippen molar-refractivity contribution >= 4 is 23.6 Å². The second kappa shape index (κ2) is 4.90. The molecular formula is C5H7ClFNO3. The third-order valence-electron chi connectivity index (χ3n) is 0.739. The second-order valence-electron chi connectivity index (χ2n) is 1.60. The summed E-state index contributed by atoms with van der Waals surface area (Å²) in [6.45, 7) is 0.788. The fraction of sp³-hybridized carbons (Fsp3) is 0.600. The normalized spacial score (nSPS) is 9.00. The smallest absolute Gasteiger partial charge is 0.445 e. The number of rotatable bonds is 2. The van der Waals surface area contributed by atoms with E-state index in [0.29, 0.717) is 0 Å². The first-order chi connectivity index (χ1) is 5.09. The molecule has 0 unspecified atom stereocenters. The average molecular weight is 184 g/mol. The van der Waals surface area contributed by atoms with Crippen LogP contribution in [0.3, 0.4) is 0 Å². The molecule has 0 rings (SSSR count). The van der Waals surface area contributed by atoms with Gasteiger partial charge in [-0.3, -0.25) is 4.79 Å². The minimum absolute atomic E-state index is 0.0669. The van der Waals surface area contributed by atoms with E-state index in [1.165, 1.54) is 0 Å². The molecular weight excluding hydrogens is 177 g/mol. The van der Waals surface area contributed by atoms with E-state index >= 15 is 0 Å². The molecule has 0 saturated heterocycles. The number of hydrogen-bond donors (Lipinski definition) is 0. The van der Waals surface area contributed by atoms with Gasteiger partial charge in [0, 0.05) is 6.92 Å². The third kappa shape index (κ3) is 3.77. The number of nitrogens with zero attached hydrogens (tertiary/aromatic N) is 1. The van der Waals surface area contributed by atoms with Gasteiger partial charge in [0.2, 0.25) is 0 Å². The predicted octanol–water partition coefficient (Wildman–Crippen LogP) is 1.09.